The van der Waals surface area contributed by atoms with Crippen molar-refractivity contribution in [1.29, 1.82) is 0 Å². The van der Waals surface area contributed by atoms with Gasteiger partial charge in [-0.2, -0.15) is 0 Å². The van der Waals surface area contributed by atoms with Gasteiger partial charge in [0.25, 0.3) is 5.91 Å². The number of phenolic OH excluding ortho intramolecular Hbond substituents is 1. The van der Waals surface area contributed by atoms with E-state index in [-0.39, 0.29) is 11.2 Å². The van der Waals surface area contributed by atoms with Crippen LogP contribution in [0.5, 0.6) is 5.75 Å². The van der Waals surface area contributed by atoms with Crippen LogP contribution in [-0.4, -0.2) is 48.0 Å². The van der Waals surface area contributed by atoms with Gasteiger partial charge in [0, 0.05) is 27.8 Å². The third-order valence-corrected chi connectivity index (χ3v) is 7.04. The van der Waals surface area contributed by atoms with E-state index in [0.29, 0.717) is 42.2 Å². The number of fused-ring (bicyclic) bond motifs is 3. The second-order valence-corrected chi connectivity index (χ2v) is 10.6. The average Bonchev–Trinajstić information content (AvgIpc) is 2.96. The molecule has 3 fully saturated rings. The van der Waals surface area contributed by atoms with Crippen molar-refractivity contribution in [2.24, 2.45) is 5.41 Å². The van der Waals surface area contributed by atoms with Crippen molar-refractivity contribution in [3.05, 3.63) is 95.1 Å². The Labute approximate surface area is 233 Å². The summed E-state index contributed by atoms with van der Waals surface area (Å²) in [7, 11) is 0. The molecule has 3 heterocycles. The molecule has 204 valence electrons. The van der Waals surface area contributed by atoms with E-state index in [1.807, 2.05) is 19.1 Å². The van der Waals surface area contributed by atoms with Gasteiger partial charge in [-0.1, -0.05) is 30.9 Å². The third-order valence-electron chi connectivity index (χ3n) is 7.04. The summed E-state index contributed by atoms with van der Waals surface area (Å²) in [5.74, 6) is 9.42. The lowest BCUT2D eigenvalue weighted by Gasteiger charge is -2.55. The van der Waals surface area contributed by atoms with E-state index in [4.69, 9.17) is 19.9 Å². The van der Waals surface area contributed by atoms with Crippen molar-refractivity contribution < 1.29 is 29.2 Å². The van der Waals surface area contributed by atoms with Crippen LogP contribution in [0, 0.1) is 29.1 Å². The fourth-order valence-corrected chi connectivity index (χ4v) is 4.56. The summed E-state index contributed by atoms with van der Waals surface area (Å²) in [5.41, 5.74) is 6.63. The Morgan fingerprint density at radius 1 is 0.900 bits per heavy atom. The average molecular weight is 539 g/mol. The van der Waals surface area contributed by atoms with Crippen LogP contribution >= 0.6 is 0 Å². The number of nitrogen functional groups attached to an aromatic ring is 1. The number of aromatic hydroxyl groups is 1. The lowest BCUT2D eigenvalue weighted by Crippen LogP contribution is -2.72. The number of nitrogens with one attached hydrogen (secondary N) is 1. The molecule has 6 rings (SSSR count). The Balaban J connectivity index is 1.35. The van der Waals surface area contributed by atoms with Crippen molar-refractivity contribution in [2.45, 2.75) is 31.5 Å². The van der Waals surface area contributed by atoms with Crippen LogP contribution in [0.4, 0.5) is 5.69 Å². The minimum absolute atomic E-state index is 0.0487. The van der Waals surface area contributed by atoms with Crippen LogP contribution in [-0.2, 0) is 19.8 Å². The molecule has 3 saturated heterocycles. The zero-order chi connectivity index (χ0) is 28.4. The van der Waals surface area contributed by atoms with Crippen molar-refractivity contribution in [3.63, 3.8) is 0 Å². The first-order valence-electron chi connectivity index (χ1n) is 12.8. The molecule has 40 heavy (non-hydrogen) atoms. The smallest absolute Gasteiger partial charge is 0.307 e. The molecule has 3 aromatic carbocycles. The number of rotatable bonds is 5. The van der Waals surface area contributed by atoms with Crippen molar-refractivity contribution in [2.75, 3.05) is 25.6 Å². The maximum Gasteiger partial charge on any atom is 0.307 e. The van der Waals surface area contributed by atoms with E-state index in [1.165, 1.54) is 12.1 Å². The Morgan fingerprint density at radius 2 is 1.40 bits per heavy atom. The third kappa shape index (κ3) is 5.67. The number of benzene rings is 3. The molecule has 0 aromatic heterocycles. The molecule has 2 atom stereocenters. The highest BCUT2D eigenvalue weighted by Gasteiger charge is 2.60. The van der Waals surface area contributed by atoms with Gasteiger partial charge in [-0.25, -0.2) is 0 Å². The number of carbonyl (C=O) groups is 1. The molecule has 5 N–H and O–H groups in total. The monoisotopic (exact) mass is 538 g/mol. The maximum atomic E-state index is 13.4. The molecule has 3 aliphatic rings. The fourth-order valence-electron chi connectivity index (χ4n) is 4.56. The van der Waals surface area contributed by atoms with Crippen molar-refractivity contribution >= 4 is 11.6 Å². The molecule has 0 spiro atoms. The molecule has 8 heteroatoms. The molecule has 8 nitrogen and oxygen atoms in total. The number of ether oxygens (including phenoxy) is 3. The Morgan fingerprint density at radius 3 is 1.93 bits per heavy atom. The van der Waals surface area contributed by atoms with E-state index >= 15 is 0 Å². The standard InChI is InChI=1S/C32H30N2O6/c1-30-19-38-32(39-20-30,40-21-30)29(31(2,37)25-13-17-27(35)18-14-25)34-28(36)24-11-7-22(8-12-24)5-3-4-6-23-9-15-26(33)16-10-23/h7-18,29,35,37H,19-21,33H2,1-2H3,(H,34,36). The topological polar surface area (TPSA) is 123 Å². The molecule has 1 amide bonds. The first kappa shape index (κ1) is 27.3. The van der Waals surface area contributed by atoms with Gasteiger partial charge in [0.1, 0.15) is 17.4 Å². The van der Waals surface area contributed by atoms with Crippen LogP contribution in [0.1, 0.15) is 40.9 Å². The molecular weight excluding hydrogens is 508 g/mol. The van der Waals surface area contributed by atoms with Crippen LogP contribution < -0.4 is 11.1 Å². The summed E-state index contributed by atoms with van der Waals surface area (Å²) >= 11 is 0. The fraction of sp³-hybridized carbons (Fsp3) is 0.281. The number of hydrogen-bond donors (Lipinski definition) is 4. The van der Waals surface area contributed by atoms with E-state index in [0.717, 1.165) is 5.56 Å². The largest absolute Gasteiger partial charge is 0.508 e. The lowest BCUT2D eigenvalue weighted by atomic mass is 9.83. The number of carbonyl (C=O) groups excluding carboxylic acids is 1. The highest BCUT2D eigenvalue weighted by Crippen LogP contribution is 2.44. The first-order valence-corrected chi connectivity index (χ1v) is 12.8. The molecule has 3 aliphatic heterocycles. The number of hydrogen-bond acceptors (Lipinski definition) is 7. The SMILES string of the molecule is CC12COC(C(NC(=O)c3ccc(C#CC#Cc4ccc(N)cc4)cc3)C(C)(O)c3ccc(O)cc3)(OC1)OC2. The molecule has 0 radical (unpaired) electrons. The van der Waals surface area contributed by atoms with Gasteiger partial charge < -0.3 is 35.5 Å². The number of anilines is 1. The second-order valence-electron chi connectivity index (χ2n) is 10.6. The number of aliphatic hydroxyl groups is 1. The van der Waals surface area contributed by atoms with E-state index in [9.17, 15) is 15.0 Å². The number of phenols is 1. The van der Waals surface area contributed by atoms with Gasteiger partial charge in [0.15, 0.2) is 0 Å². The van der Waals surface area contributed by atoms with Crippen molar-refractivity contribution in [3.8, 4) is 29.4 Å². The van der Waals surface area contributed by atoms with Crippen LogP contribution in [0.25, 0.3) is 0 Å². The quantitative estimate of drug-likeness (QED) is 0.291. The summed E-state index contributed by atoms with van der Waals surface area (Å²) in [6, 6.07) is 18.8. The van der Waals surface area contributed by atoms with E-state index in [2.05, 4.69) is 29.0 Å². The number of nitrogens with two attached hydrogens (primary N) is 1. The van der Waals surface area contributed by atoms with Gasteiger partial charge >= 0.3 is 5.97 Å². The Bertz CT molecular complexity index is 1480. The molecular formula is C32H30N2O6. The highest BCUT2D eigenvalue weighted by atomic mass is 16.9. The molecule has 2 bridgehead atoms. The summed E-state index contributed by atoms with van der Waals surface area (Å²) < 4.78 is 18.0. The van der Waals surface area contributed by atoms with Gasteiger partial charge in [0.05, 0.1) is 19.8 Å². The zero-order valence-electron chi connectivity index (χ0n) is 22.2. The summed E-state index contributed by atoms with van der Waals surface area (Å²) in [5, 5.41) is 24.4. The van der Waals surface area contributed by atoms with Crippen LogP contribution in [0.3, 0.4) is 0 Å². The van der Waals surface area contributed by atoms with Gasteiger partial charge in [-0.05, 0) is 85.0 Å². The predicted molar refractivity (Wildman–Crippen MR) is 149 cm³/mol. The summed E-state index contributed by atoms with van der Waals surface area (Å²) in [6.45, 7) is 4.57. The normalized spacial score (nSPS) is 23.5. The lowest BCUT2D eigenvalue weighted by molar-refractivity contribution is -0.482. The highest BCUT2D eigenvalue weighted by molar-refractivity contribution is 5.94. The minimum atomic E-state index is -1.69. The summed E-state index contributed by atoms with van der Waals surface area (Å²) in [4.78, 5) is 13.4. The molecule has 3 aromatic rings. The molecule has 2 unspecified atom stereocenters. The molecule has 0 saturated carbocycles. The van der Waals surface area contributed by atoms with Gasteiger partial charge in [-0.15, -0.1) is 0 Å². The van der Waals surface area contributed by atoms with Crippen molar-refractivity contribution in [1.82, 2.24) is 5.32 Å². The minimum Gasteiger partial charge on any atom is -0.508 e. The zero-order valence-corrected chi connectivity index (χ0v) is 22.2. The molecule has 0 aliphatic carbocycles. The summed E-state index contributed by atoms with van der Waals surface area (Å²) in [6.07, 6.45) is 0. The first-order chi connectivity index (χ1) is 19.1. The van der Waals surface area contributed by atoms with E-state index < -0.39 is 23.5 Å². The maximum absolute atomic E-state index is 13.4. The van der Waals surface area contributed by atoms with Crippen LogP contribution in [0.2, 0.25) is 0 Å². The Kier molecular flexibility index (Phi) is 7.29. The van der Waals surface area contributed by atoms with Gasteiger partial charge in [-0.3, -0.25) is 4.79 Å². The van der Waals surface area contributed by atoms with E-state index in [1.54, 1.807) is 55.5 Å². The second kappa shape index (κ2) is 10.7. The van der Waals surface area contributed by atoms with Crippen LogP contribution in [0.15, 0.2) is 72.8 Å². The van der Waals surface area contributed by atoms with Gasteiger partial charge in [0.2, 0.25) is 0 Å². The Hall–Kier alpha value is -4.31. The number of amides is 1. The predicted octanol–water partition coefficient (Wildman–Crippen LogP) is 3.12.